The van der Waals surface area contributed by atoms with Crippen molar-refractivity contribution >= 4 is 33.6 Å². The van der Waals surface area contributed by atoms with Gasteiger partial charge in [-0.2, -0.15) is 0 Å². The number of fused-ring (bicyclic) bond motifs is 4. The van der Waals surface area contributed by atoms with Crippen LogP contribution in [-0.2, 0) is 4.79 Å². The number of anilines is 1. The van der Waals surface area contributed by atoms with E-state index in [1.807, 2.05) is 50.2 Å². The fraction of sp³-hybridized carbons (Fsp3) is 0.300. The fourth-order valence-corrected chi connectivity index (χ4v) is 4.26. The topological polar surface area (TPSA) is 79.5 Å². The van der Waals surface area contributed by atoms with E-state index in [4.69, 9.17) is 4.74 Å². The fourth-order valence-electron chi connectivity index (χ4n) is 3.88. The molecule has 2 heterocycles. The summed E-state index contributed by atoms with van der Waals surface area (Å²) < 4.78 is 6.94. The van der Waals surface area contributed by atoms with Crippen molar-refractivity contribution in [2.75, 3.05) is 5.32 Å². The number of ether oxygens (including phenoxy) is 1. The number of aryl methyl sites for hydroxylation is 2. The molecular weight excluding hydrogens is 410 g/mol. The SMILES string of the molecule is Cc1ccc(NC(=O)[C@@H]2[C@H]3NC(=O)N[C@@]2(C)Oc2ccc(Br)cc23)c(C)c1. The number of hydrogen-bond acceptors (Lipinski definition) is 3. The van der Waals surface area contributed by atoms with Crippen molar-refractivity contribution in [1.29, 1.82) is 0 Å². The molecule has 6 nitrogen and oxygen atoms in total. The van der Waals surface area contributed by atoms with Crippen molar-refractivity contribution in [1.82, 2.24) is 10.6 Å². The molecule has 0 aliphatic carbocycles. The molecule has 3 amide bonds. The lowest BCUT2D eigenvalue weighted by Gasteiger charge is -2.49. The van der Waals surface area contributed by atoms with Crippen molar-refractivity contribution in [3.63, 3.8) is 0 Å². The van der Waals surface area contributed by atoms with Crippen molar-refractivity contribution in [2.45, 2.75) is 32.5 Å². The minimum atomic E-state index is -1.14. The molecule has 0 spiro atoms. The standard InChI is InChI=1S/C20H20BrN3O3/c1-10-4-6-14(11(2)8-10)22-18(25)16-17-13-9-12(21)5-7-15(13)27-20(16,3)24-19(26)23-17/h4-9,16-17H,1-3H3,(H,22,25)(H2,23,24,26)/t16-,17-,20-/m0/s1. The van der Waals surface area contributed by atoms with Crippen LogP contribution in [0.4, 0.5) is 10.5 Å². The smallest absolute Gasteiger partial charge is 0.318 e. The summed E-state index contributed by atoms with van der Waals surface area (Å²) in [6, 6.07) is 10.6. The van der Waals surface area contributed by atoms with Gasteiger partial charge in [0.2, 0.25) is 5.91 Å². The lowest BCUT2D eigenvalue weighted by molar-refractivity contribution is -0.133. The van der Waals surface area contributed by atoms with Crippen LogP contribution in [-0.4, -0.2) is 17.7 Å². The number of nitrogens with one attached hydrogen (secondary N) is 3. The van der Waals surface area contributed by atoms with Crippen molar-refractivity contribution in [3.8, 4) is 5.75 Å². The summed E-state index contributed by atoms with van der Waals surface area (Å²) in [4.78, 5) is 25.4. The largest absolute Gasteiger partial charge is 0.467 e. The normalized spacial score (nSPS) is 25.6. The highest BCUT2D eigenvalue weighted by molar-refractivity contribution is 9.10. The van der Waals surface area contributed by atoms with Gasteiger partial charge in [-0.1, -0.05) is 33.6 Å². The van der Waals surface area contributed by atoms with E-state index >= 15 is 0 Å². The molecule has 3 atom stereocenters. The second kappa shape index (κ2) is 6.27. The number of hydrogen-bond donors (Lipinski definition) is 3. The van der Waals surface area contributed by atoms with E-state index in [0.717, 1.165) is 26.9 Å². The molecule has 1 saturated heterocycles. The summed E-state index contributed by atoms with van der Waals surface area (Å²) in [5.74, 6) is -0.209. The van der Waals surface area contributed by atoms with Crippen molar-refractivity contribution < 1.29 is 14.3 Å². The second-order valence-corrected chi connectivity index (χ2v) is 8.17. The molecule has 0 unspecified atom stereocenters. The molecule has 7 heteroatoms. The van der Waals surface area contributed by atoms with Gasteiger partial charge < -0.3 is 15.4 Å². The first-order chi connectivity index (χ1) is 12.8. The molecule has 2 bridgehead atoms. The summed E-state index contributed by atoms with van der Waals surface area (Å²) >= 11 is 3.45. The van der Waals surface area contributed by atoms with Crippen molar-refractivity contribution in [3.05, 3.63) is 57.6 Å². The van der Waals surface area contributed by atoms with Crippen molar-refractivity contribution in [2.24, 2.45) is 5.92 Å². The van der Waals surface area contributed by atoms with Gasteiger partial charge in [-0.15, -0.1) is 0 Å². The zero-order valence-electron chi connectivity index (χ0n) is 15.2. The minimum Gasteiger partial charge on any atom is -0.467 e. The molecule has 1 fully saturated rings. The first-order valence-electron chi connectivity index (χ1n) is 8.72. The van der Waals surface area contributed by atoms with E-state index in [0.29, 0.717) is 5.75 Å². The molecule has 2 aliphatic rings. The third-order valence-electron chi connectivity index (χ3n) is 5.13. The van der Waals surface area contributed by atoms with Crippen LogP contribution in [0.3, 0.4) is 0 Å². The molecule has 4 rings (SSSR count). The molecule has 140 valence electrons. The third-order valence-corrected chi connectivity index (χ3v) is 5.62. The van der Waals surface area contributed by atoms with Gasteiger partial charge in [0.05, 0.1) is 6.04 Å². The summed E-state index contributed by atoms with van der Waals surface area (Å²) in [5, 5.41) is 8.66. The van der Waals surface area contributed by atoms with Gasteiger partial charge in [-0.05, 0) is 50.6 Å². The Balaban J connectivity index is 1.73. The van der Waals surface area contributed by atoms with Crippen LogP contribution < -0.4 is 20.7 Å². The Morgan fingerprint density at radius 2 is 2.00 bits per heavy atom. The zero-order valence-corrected chi connectivity index (χ0v) is 16.8. The van der Waals surface area contributed by atoms with Gasteiger partial charge in [0.15, 0.2) is 5.72 Å². The average Bonchev–Trinajstić information content (AvgIpc) is 2.57. The molecule has 0 aromatic heterocycles. The molecule has 2 aromatic rings. The predicted molar refractivity (Wildman–Crippen MR) is 106 cm³/mol. The number of benzene rings is 2. The van der Waals surface area contributed by atoms with Crippen LogP contribution in [0.1, 0.15) is 29.7 Å². The van der Waals surface area contributed by atoms with Crippen LogP contribution in [0, 0.1) is 19.8 Å². The maximum atomic E-state index is 13.2. The quantitative estimate of drug-likeness (QED) is 0.679. The Morgan fingerprint density at radius 1 is 1.22 bits per heavy atom. The first-order valence-corrected chi connectivity index (χ1v) is 9.51. The lowest BCUT2D eigenvalue weighted by Crippen LogP contribution is -2.70. The van der Waals surface area contributed by atoms with Crippen LogP contribution in [0.5, 0.6) is 5.75 Å². The van der Waals surface area contributed by atoms with E-state index in [9.17, 15) is 9.59 Å². The Labute approximate surface area is 165 Å². The van der Waals surface area contributed by atoms with Gasteiger partial charge in [-0.25, -0.2) is 4.79 Å². The number of rotatable bonds is 2. The van der Waals surface area contributed by atoms with Crippen LogP contribution in [0.25, 0.3) is 0 Å². The molecule has 27 heavy (non-hydrogen) atoms. The second-order valence-electron chi connectivity index (χ2n) is 7.25. The Kier molecular flexibility index (Phi) is 4.14. The minimum absolute atomic E-state index is 0.215. The monoisotopic (exact) mass is 429 g/mol. The van der Waals surface area contributed by atoms with E-state index in [2.05, 4.69) is 31.9 Å². The molecule has 0 saturated carbocycles. The lowest BCUT2D eigenvalue weighted by atomic mass is 9.80. The van der Waals surface area contributed by atoms with Gasteiger partial charge in [0, 0.05) is 15.7 Å². The van der Waals surface area contributed by atoms with Crippen LogP contribution in [0.15, 0.2) is 40.9 Å². The van der Waals surface area contributed by atoms with Gasteiger partial charge in [-0.3, -0.25) is 10.1 Å². The summed E-state index contributed by atoms with van der Waals surface area (Å²) in [7, 11) is 0. The van der Waals surface area contributed by atoms with E-state index < -0.39 is 17.7 Å². The van der Waals surface area contributed by atoms with Gasteiger partial charge in [0.1, 0.15) is 11.7 Å². The molecular formula is C20H20BrN3O3. The molecule has 2 aliphatic heterocycles. The number of urea groups is 1. The van der Waals surface area contributed by atoms with E-state index in [1.54, 1.807) is 6.92 Å². The summed E-state index contributed by atoms with van der Waals surface area (Å²) in [6.45, 7) is 5.69. The number of carbonyl (C=O) groups excluding carboxylic acids is 2. The molecule has 0 radical (unpaired) electrons. The van der Waals surface area contributed by atoms with Gasteiger partial charge >= 0.3 is 6.03 Å². The highest BCUT2D eigenvalue weighted by Gasteiger charge is 2.55. The third kappa shape index (κ3) is 3.06. The number of amides is 3. The van der Waals surface area contributed by atoms with E-state index in [-0.39, 0.29) is 11.9 Å². The summed E-state index contributed by atoms with van der Waals surface area (Å²) in [5.41, 5.74) is 2.49. The zero-order chi connectivity index (χ0) is 19.3. The highest BCUT2D eigenvalue weighted by atomic mass is 79.9. The first kappa shape index (κ1) is 17.9. The maximum Gasteiger partial charge on any atom is 0.318 e. The van der Waals surface area contributed by atoms with Gasteiger partial charge in [0.25, 0.3) is 0 Å². The highest BCUT2D eigenvalue weighted by Crippen LogP contribution is 2.46. The Hall–Kier alpha value is -2.54. The number of carbonyl (C=O) groups is 2. The Bertz CT molecular complexity index is 961. The Morgan fingerprint density at radius 3 is 2.74 bits per heavy atom. The molecule has 3 N–H and O–H groups in total. The predicted octanol–water partition coefficient (Wildman–Crippen LogP) is 3.78. The molecule has 2 aromatic carbocycles. The van der Waals surface area contributed by atoms with Crippen LogP contribution >= 0.6 is 15.9 Å². The van der Waals surface area contributed by atoms with E-state index in [1.165, 1.54) is 0 Å². The average molecular weight is 430 g/mol. The van der Waals surface area contributed by atoms with Crippen LogP contribution in [0.2, 0.25) is 0 Å². The summed E-state index contributed by atoms with van der Waals surface area (Å²) in [6.07, 6.45) is 0. The number of halogens is 1. The maximum absolute atomic E-state index is 13.2.